The molecule has 0 unspecified atom stereocenters. The van der Waals surface area contributed by atoms with Crippen LogP contribution in [0.1, 0.15) is 16.7 Å². The second-order valence-electron chi connectivity index (χ2n) is 7.52. The van der Waals surface area contributed by atoms with E-state index in [2.05, 4.69) is 5.32 Å². The van der Waals surface area contributed by atoms with E-state index in [0.29, 0.717) is 22.2 Å². The minimum absolute atomic E-state index is 0.307. The van der Waals surface area contributed by atoms with Crippen LogP contribution in [0.25, 0.3) is 0 Å². The number of hydrogen-bond donors (Lipinski definition) is 1. The van der Waals surface area contributed by atoms with E-state index in [-0.39, 0.29) is 6.54 Å². The highest BCUT2D eigenvalue weighted by Gasteiger charge is 2.23. The van der Waals surface area contributed by atoms with Crippen LogP contribution in [0.5, 0.6) is 0 Å². The highest BCUT2D eigenvalue weighted by atomic mass is 35.5. The third-order valence-corrected chi connectivity index (χ3v) is 7.30. The van der Waals surface area contributed by atoms with Gasteiger partial charge in [0.25, 0.3) is 0 Å². The average Bonchev–Trinajstić information content (AvgIpc) is 2.72. The largest absolute Gasteiger partial charge is 0.323 e. The Hall–Kier alpha value is -2.48. The predicted octanol–water partition coefficient (Wildman–Crippen LogP) is 5.65. The molecule has 0 aliphatic rings. The number of carbonyl (C=O) groups excluding carboxylic acids is 1. The highest BCUT2D eigenvalue weighted by molar-refractivity contribution is 7.98. The second kappa shape index (κ2) is 10.4. The number of nitrogens with zero attached hydrogens (tertiary/aromatic N) is 1. The number of anilines is 2. The van der Waals surface area contributed by atoms with Gasteiger partial charge in [0.15, 0.2) is 0 Å². The van der Waals surface area contributed by atoms with Crippen LogP contribution in [0, 0.1) is 13.8 Å². The van der Waals surface area contributed by atoms with E-state index >= 15 is 0 Å². The summed E-state index contributed by atoms with van der Waals surface area (Å²) < 4.78 is 26.0. The molecule has 0 heterocycles. The summed E-state index contributed by atoms with van der Waals surface area (Å²) in [7, 11) is -3.64. The van der Waals surface area contributed by atoms with Crippen molar-refractivity contribution in [3.8, 4) is 0 Å². The molecule has 3 rings (SSSR count). The average molecular weight is 489 g/mol. The zero-order valence-electron chi connectivity index (χ0n) is 18.1. The molecule has 0 saturated carbocycles. The van der Waals surface area contributed by atoms with Crippen molar-refractivity contribution in [2.45, 2.75) is 24.5 Å². The molecule has 3 aromatic rings. The number of nitrogens with one attached hydrogen (secondary N) is 1. The van der Waals surface area contributed by atoms with Gasteiger partial charge in [-0.05, 0) is 55.3 Å². The number of halogens is 1. The number of amides is 1. The maximum absolute atomic E-state index is 12.8. The van der Waals surface area contributed by atoms with Crippen molar-refractivity contribution in [3.63, 3.8) is 0 Å². The van der Waals surface area contributed by atoms with E-state index in [9.17, 15) is 13.2 Å². The van der Waals surface area contributed by atoms with Crippen molar-refractivity contribution in [1.82, 2.24) is 0 Å². The molecule has 32 heavy (non-hydrogen) atoms. The summed E-state index contributed by atoms with van der Waals surface area (Å²) in [6.45, 7) is 3.47. The number of sulfonamides is 1. The second-order valence-corrected chi connectivity index (χ2v) is 10.9. The van der Waals surface area contributed by atoms with Crippen LogP contribution >= 0.6 is 23.4 Å². The summed E-state index contributed by atoms with van der Waals surface area (Å²) in [5, 5.41) is 3.56. The Morgan fingerprint density at radius 1 is 1.03 bits per heavy atom. The topological polar surface area (TPSA) is 66.5 Å². The standard InChI is InChI=1S/C24H25ClN2O3S2/c1-17-8-13-22(18(2)14-17)27(32(3,29)30)15-24(28)26-21-6-4-5-7-23(21)31-16-19-9-11-20(25)12-10-19/h4-14H,15-16H2,1-3H3,(H,26,28). The third-order valence-electron chi connectivity index (χ3n) is 4.78. The minimum Gasteiger partial charge on any atom is -0.323 e. The third kappa shape index (κ3) is 6.51. The van der Waals surface area contributed by atoms with Gasteiger partial charge in [-0.15, -0.1) is 11.8 Å². The summed E-state index contributed by atoms with van der Waals surface area (Å²) in [4.78, 5) is 13.7. The van der Waals surface area contributed by atoms with Gasteiger partial charge in [-0.3, -0.25) is 9.10 Å². The van der Waals surface area contributed by atoms with Gasteiger partial charge in [-0.2, -0.15) is 0 Å². The van der Waals surface area contributed by atoms with Crippen LogP contribution in [0.3, 0.4) is 0 Å². The molecule has 0 bridgehead atoms. The monoisotopic (exact) mass is 488 g/mol. The Labute approximate surface area is 198 Å². The molecule has 5 nitrogen and oxygen atoms in total. The number of hydrogen-bond acceptors (Lipinski definition) is 4. The first kappa shape index (κ1) is 24.2. The quantitative estimate of drug-likeness (QED) is 0.416. The van der Waals surface area contributed by atoms with Crippen LogP contribution < -0.4 is 9.62 Å². The molecular formula is C24H25ClN2O3S2. The van der Waals surface area contributed by atoms with Crippen LogP contribution in [0.2, 0.25) is 5.02 Å². The molecule has 0 radical (unpaired) electrons. The van der Waals surface area contributed by atoms with Crippen molar-refractivity contribution in [2.75, 3.05) is 22.4 Å². The number of para-hydroxylation sites is 1. The molecule has 0 fully saturated rings. The molecule has 8 heteroatoms. The van der Waals surface area contributed by atoms with E-state index in [0.717, 1.165) is 32.1 Å². The first-order chi connectivity index (χ1) is 15.1. The maximum atomic E-state index is 12.8. The molecule has 0 spiro atoms. The Morgan fingerprint density at radius 3 is 2.38 bits per heavy atom. The normalized spacial score (nSPS) is 11.2. The summed E-state index contributed by atoms with van der Waals surface area (Å²) >= 11 is 7.53. The van der Waals surface area contributed by atoms with Crippen LogP contribution in [-0.4, -0.2) is 27.1 Å². The van der Waals surface area contributed by atoms with Crippen LogP contribution in [0.4, 0.5) is 11.4 Å². The van der Waals surface area contributed by atoms with E-state index in [1.807, 2.05) is 74.5 Å². The van der Waals surface area contributed by atoms with Gasteiger partial charge in [-0.1, -0.05) is 53.6 Å². The molecule has 0 aromatic heterocycles. The van der Waals surface area contributed by atoms with Gasteiger partial charge >= 0.3 is 0 Å². The summed E-state index contributed by atoms with van der Waals surface area (Å²) in [5.41, 5.74) is 4.07. The van der Waals surface area contributed by atoms with Gasteiger partial charge in [0.1, 0.15) is 6.54 Å². The van der Waals surface area contributed by atoms with Crippen molar-refractivity contribution in [1.29, 1.82) is 0 Å². The molecule has 1 N–H and O–H groups in total. The van der Waals surface area contributed by atoms with Crippen LogP contribution in [0.15, 0.2) is 71.6 Å². The van der Waals surface area contributed by atoms with Crippen molar-refractivity contribution < 1.29 is 13.2 Å². The van der Waals surface area contributed by atoms with Crippen molar-refractivity contribution in [2.24, 2.45) is 0 Å². The van der Waals surface area contributed by atoms with E-state index in [4.69, 9.17) is 11.6 Å². The zero-order chi connectivity index (χ0) is 23.3. The van der Waals surface area contributed by atoms with Gasteiger partial charge in [0, 0.05) is 15.7 Å². The Bertz CT molecular complexity index is 1210. The maximum Gasteiger partial charge on any atom is 0.245 e. The molecule has 0 aliphatic heterocycles. The lowest BCUT2D eigenvalue weighted by Crippen LogP contribution is -2.38. The van der Waals surface area contributed by atoms with Gasteiger partial charge < -0.3 is 5.32 Å². The van der Waals surface area contributed by atoms with E-state index in [1.165, 1.54) is 0 Å². The fourth-order valence-electron chi connectivity index (χ4n) is 3.22. The Kier molecular flexibility index (Phi) is 7.87. The molecule has 0 atom stereocenters. The molecular weight excluding hydrogens is 464 g/mol. The first-order valence-corrected chi connectivity index (χ1v) is 13.2. The van der Waals surface area contributed by atoms with Crippen molar-refractivity contribution in [3.05, 3.63) is 88.4 Å². The smallest absolute Gasteiger partial charge is 0.245 e. The Morgan fingerprint density at radius 2 is 1.72 bits per heavy atom. The van der Waals surface area contributed by atoms with Gasteiger partial charge in [0.2, 0.25) is 15.9 Å². The lowest BCUT2D eigenvalue weighted by atomic mass is 10.1. The lowest BCUT2D eigenvalue weighted by molar-refractivity contribution is -0.114. The number of rotatable bonds is 8. The van der Waals surface area contributed by atoms with Crippen molar-refractivity contribution >= 4 is 50.7 Å². The summed E-state index contributed by atoms with van der Waals surface area (Å²) in [6, 6.07) is 20.5. The number of thioether (sulfide) groups is 1. The molecule has 1 amide bonds. The number of benzene rings is 3. The fourth-order valence-corrected chi connectivity index (χ4v) is 5.23. The van der Waals surface area contributed by atoms with E-state index < -0.39 is 15.9 Å². The predicted molar refractivity (Wildman–Crippen MR) is 134 cm³/mol. The molecule has 0 saturated heterocycles. The zero-order valence-corrected chi connectivity index (χ0v) is 20.5. The fraction of sp³-hybridized carbons (Fsp3) is 0.208. The summed E-state index contributed by atoms with van der Waals surface area (Å²) in [6.07, 6.45) is 1.11. The van der Waals surface area contributed by atoms with Crippen LogP contribution in [-0.2, 0) is 20.6 Å². The molecule has 0 aliphatic carbocycles. The highest BCUT2D eigenvalue weighted by Crippen LogP contribution is 2.30. The summed E-state index contributed by atoms with van der Waals surface area (Å²) in [5.74, 6) is 0.303. The number of carbonyl (C=O) groups is 1. The first-order valence-electron chi connectivity index (χ1n) is 9.94. The molecule has 3 aromatic carbocycles. The lowest BCUT2D eigenvalue weighted by Gasteiger charge is -2.24. The number of aryl methyl sites for hydroxylation is 2. The molecule has 168 valence electrons. The van der Waals surface area contributed by atoms with Gasteiger partial charge in [-0.25, -0.2) is 8.42 Å². The van der Waals surface area contributed by atoms with Gasteiger partial charge in [0.05, 0.1) is 17.6 Å². The minimum atomic E-state index is -3.64. The Balaban J connectivity index is 1.75. The van der Waals surface area contributed by atoms with E-state index in [1.54, 1.807) is 17.8 Å². The SMILES string of the molecule is Cc1ccc(N(CC(=O)Nc2ccccc2SCc2ccc(Cl)cc2)S(C)(=O)=O)c(C)c1.